The molecule has 166 valence electrons. The zero-order valence-corrected chi connectivity index (χ0v) is 16.9. The molecule has 3 aromatic rings. The number of pyridine rings is 1. The Morgan fingerprint density at radius 2 is 1.94 bits per heavy atom. The van der Waals surface area contributed by atoms with E-state index in [9.17, 15) is 27.2 Å². The number of carbonyl (C=O) groups excluding carboxylic acids is 2. The smallest absolute Gasteiger partial charge is 0.319 e. The van der Waals surface area contributed by atoms with Crippen LogP contribution in [0.1, 0.15) is 44.9 Å². The molecule has 7 nitrogen and oxygen atoms in total. The lowest BCUT2D eigenvalue weighted by Gasteiger charge is -2.32. The molecule has 0 spiro atoms. The van der Waals surface area contributed by atoms with Gasteiger partial charge in [-0.05, 0) is 43.7 Å². The molecule has 0 aliphatic carbocycles. The number of benzene rings is 1. The highest BCUT2D eigenvalue weighted by atomic mass is 19.4. The number of nitrogens with one attached hydrogen (secondary N) is 1. The second-order valence-corrected chi connectivity index (χ2v) is 7.46. The van der Waals surface area contributed by atoms with E-state index in [4.69, 9.17) is 0 Å². The van der Waals surface area contributed by atoms with Crippen molar-refractivity contribution in [2.24, 2.45) is 0 Å². The highest BCUT2D eigenvalue weighted by Crippen LogP contribution is 2.35. The number of nitrogens with zero attached hydrogens (tertiary/aromatic N) is 4. The first-order valence-corrected chi connectivity index (χ1v) is 9.55. The van der Waals surface area contributed by atoms with Gasteiger partial charge < -0.3 is 10.2 Å². The van der Waals surface area contributed by atoms with Crippen molar-refractivity contribution >= 4 is 23.2 Å². The van der Waals surface area contributed by atoms with Crippen molar-refractivity contribution in [3.05, 3.63) is 71.1 Å². The van der Waals surface area contributed by atoms with Crippen molar-refractivity contribution in [3.8, 4) is 0 Å². The molecule has 1 aliphatic heterocycles. The van der Waals surface area contributed by atoms with Crippen LogP contribution < -0.4 is 10.2 Å². The maximum atomic E-state index is 13.4. The van der Waals surface area contributed by atoms with E-state index in [0.717, 1.165) is 18.3 Å². The van der Waals surface area contributed by atoms with Crippen molar-refractivity contribution in [2.75, 3.05) is 16.8 Å². The topological polar surface area (TPSA) is 80.1 Å². The van der Waals surface area contributed by atoms with Crippen LogP contribution in [0.15, 0.2) is 42.9 Å². The Balaban J connectivity index is 1.66. The molecule has 2 aromatic heterocycles. The SMILES string of the molecule is Cc1cc(N2C[C@H](C)n3ncc(NC(=O)c4cncc(F)c4)c3C2=O)ccc1C(F)(F)F. The van der Waals surface area contributed by atoms with Crippen LogP contribution in [0.25, 0.3) is 0 Å². The van der Waals surface area contributed by atoms with Crippen molar-refractivity contribution in [1.82, 2.24) is 14.8 Å². The fourth-order valence-corrected chi connectivity index (χ4v) is 3.64. The second kappa shape index (κ2) is 7.74. The average molecular weight is 447 g/mol. The number of aromatic nitrogens is 3. The number of rotatable bonds is 3. The van der Waals surface area contributed by atoms with E-state index < -0.39 is 29.4 Å². The van der Waals surface area contributed by atoms with E-state index in [1.54, 1.807) is 6.92 Å². The first-order valence-electron chi connectivity index (χ1n) is 9.55. The third-order valence-electron chi connectivity index (χ3n) is 5.15. The monoisotopic (exact) mass is 447 g/mol. The van der Waals surface area contributed by atoms with Gasteiger partial charge in [-0.2, -0.15) is 18.3 Å². The molecule has 0 unspecified atom stereocenters. The van der Waals surface area contributed by atoms with E-state index in [2.05, 4.69) is 15.4 Å². The highest BCUT2D eigenvalue weighted by Gasteiger charge is 2.36. The summed E-state index contributed by atoms with van der Waals surface area (Å²) in [5.74, 6) is -1.91. The molecule has 0 saturated carbocycles. The molecule has 1 atom stereocenters. The predicted molar refractivity (Wildman–Crippen MR) is 107 cm³/mol. The van der Waals surface area contributed by atoms with E-state index in [0.29, 0.717) is 5.69 Å². The molecule has 0 saturated heterocycles. The van der Waals surface area contributed by atoms with E-state index in [-0.39, 0.29) is 35.1 Å². The van der Waals surface area contributed by atoms with Gasteiger partial charge >= 0.3 is 6.18 Å². The predicted octanol–water partition coefficient (Wildman–Crippen LogP) is 4.22. The third-order valence-corrected chi connectivity index (χ3v) is 5.15. The van der Waals surface area contributed by atoms with Gasteiger partial charge in [0.25, 0.3) is 11.8 Å². The van der Waals surface area contributed by atoms with Crippen molar-refractivity contribution in [3.63, 3.8) is 0 Å². The lowest BCUT2D eigenvalue weighted by Crippen LogP contribution is -2.43. The van der Waals surface area contributed by atoms with Gasteiger partial charge in [-0.1, -0.05) is 0 Å². The zero-order valence-electron chi connectivity index (χ0n) is 16.9. The first-order chi connectivity index (χ1) is 15.1. The molecule has 3 heterocycles. The minimum absolute atomic E-state index is 0.0123. The first kappa shape index (κ1) is 21.5. The number of hydrogen-bond donors (Lipinski definition) is 1. The molecular formula is C21H17F4N5O2. The molecule has 2 amide bonds. The number of fused-ring (bicyclic) bond motifs is 1. The molecule has 0 radical (unpaired) electrons. The molecular weight excluding hydrogens is 430 g/mol. The number of carbonyl (C=O) groups is 2. The lowest BCUT2D eigenvalue weighted by atomic mass is 10.1. The van der Waals surface area contributed by atoms with Gasteiger partial charge in [0, 0.05) is 18.4 Å². The zero-order chi connectivity index (χ0) is 23.2. The van der Waals surface area contributed by atoms with Gasteiger partial charge in [-0.15, -0.1) is 0 Å². The summed E-state index contributed by atoms with van der Waals surface area (Å²) in [6.07, 6.45) is -1.07. The number of anilines is 2. The number of amides is 2. The van der Waals surface area contributed by atoms with Crippen LogP contribution in [-0.4, -0.2) is 33.1 Å². The van der Waals surface area contributed by atoms with Crippen molar-refractivity contribution in [1.29, 1.82) is 0 Å². The summed E-state index contributed by atoms with van der Waals surface area (Å²) < 4.78 is 54.1. The van der Waals surface area contributed by atoms with Gasteiger partial charge in [-0.3, -0.25) is 19.3 Å². The number of alkyl halides is 3. The van der Waals surface area contributed by atoms with Gasteiger partial charge in [0.15, 0.2) is 5.69 Å². The Morgan fingerprint density at radius 3 is 2.59 bits per heavy atom. The Morgan fingerprint density at radius 1 is 1.19 bits per heavy atom. The highest BCUT2D eigenvalue weighted by molar-refractivity contribution is 6.13. The maximum Gasteiger partial charge on any atom is 0.416 e. The Labute approximate surface area is 179 Å². The molecule has 1 N–H and O–H groups in total. The molecule has 11 heteroatoms. The fourth-order valence-electron chi connectivity index (χ4n) is 3.64. The Bertz CT molecular complexity index is 1220. The minimum atomic E-state index is -4.50. The Hall–Kier alpha value is -3.76. The summed E-state index contributed by atoms with van der Waals surface area (Å²) in [4.78, 5) is 30.7. The summed E-state index contributed by atoms with van der Waals surface area (Å²) in [5, 5.41) is 6.69. The summed E-state index contributed by atoms with van der Waals surface area (Å²) in [6, 6.07) is 4.17. The summed E-state index contributed by atoms with van der Waals surface area (Å²) in [5.41, 5.74) is -0.367. The van der Waals surface area contributed by atoms with Crippen LogP contribution in [0, 0.1) is 12.7 Å². The lowest BCUT2D eigenvalue weighted by molar-refractivity contribution is -0.138. The van der Waals surface area contributed by atoms with Gasteiger partial charge in [0.05, 0.1) is 35.2 Å². The van der Waals surface area contributed by atoms with E-state index in [1.165, 1.54) is 41.0 Å². The van der Waals surface area contributed by atoms with Crippen LogP contribution in [0.2, 0.25) is 0 Å². The molecule has 0 fully saturated rings. The molecule has 32 heavy (non-hydrogen) atoms. The normalized spacial score (nSPS) is 16.1. The van der Waals surface area contributed by atoms with Crippen molar-refractivity contribution < 1.29 is 27.2 Å². The fraction of sp³-hybridized carbons (Fsp3) is 0.238. The molecule has 0 bridgehead atoms. The number of aryl methyl sites for hydroxylation is 1. The average Bonchev–Trinajstić information content (AvgIpc) is 3.14. The second-order valence-electron chi connectivity index (χ2n) is 7.46. The largest absolute Gasteiger partial charge is 0.416 e. The van der Waals surface area contributed by atoms with Crippen molar-refractivity contribution in [2.45, 2.75) is 26.1 Å². The molecule has 4 rings (SSSR count). The van der Waals surface area contributed by atoms with Gasteiger partial charge in [0.1, 0.15) is 5.82 Å². The number of hydrogen-bond acceptors (Lipinski definition) is 4. The van der Waals surface area contributed by atoms with E-state index in [1.807, 2.05) is 0 Å². The third kappa shape index (κ3) is 3.81. The van der Waals surface area contributed by atoms with Crippen LogP contribution >= 0.6 is 0 Å². The molecule has 1 aromatic carbocycles. The van der Waals surface area contributed by atoms with Crippen LogP contribution in [0.3, 0.4) is 0 Å². The van der Waals surface area contributed by atoms with Crippen LogP contribution in [0.4, 0.5) is 28.9 Å². The van der Waals surface area contributed by atoms with Gasteiger partial charge in [0.2, 0.25) is 0 Å². The summed E-state index contributed by atoms with van der Waals surface area (Å²) in [6.45, 7) is 3.29. The van der Waals surface area contributed by atoms with Crippen LogP contribution in [0.5, 0.6) is 0 Å². The quantitative estimate of drug-likeness (QED) is 0.610. The maximum absolute atomic E-state index is 13.4. The molecule has 1 aliphatic rings. The summed E-state index contributed by atoms with van der Waals surface area (Å²) >= 11 is 0. The Kier molecular flexibility index (Phi) is 5.19. The summed E-state index contributed by atoms with van der Waals surface area (Å²) in [7, 11) is 0. The standard InChI is InChI=1S/C21H17F4N5O2/c1-11-5-15(3-4-16(11)21(23,24)25)29-10-12(2)30-18(20(29)32)17(9-27-30)28-19(31)13-6-14(22)8-26-7-13/h3-9,12H,10H2,1-2H3,(H,28,31)/t12-/m0/s1. The van der Waals surface area contributed by atoms with Gasteiger partial charge in [-0.25, -0.2) is 4.39 Å². The number of halogens is 4. The minimum Gasteiger partial charge on any atom is -0.319 e. The van der Waals surface area contributed by atoms with Crippen LogP contribution in [-0.2, 0) is 6.18 Å². The van der Waals surface area contributed by atoms with E-state index >= 15 is 0 Å².